The Balaban J connectivity index is 2.31. The van der Waals surface area contributed by atoms with Crippen LogP contribution in [-0.2, 0) is 20.8 Å². The Morgan fingerprint density at radius 3 is 2.50 bits per heavy atom. The van der Waals surface area contributed by atoms with E-state index >= 15 is 0 Å². The highest BCUT2D eigenvalue weighted by atomic mass is 32.1. The third-order valence-electron chi connectivity index (χ3n) is 3.55. The van der Waals surface area contributed by atoms with Crippen molar-refractivity contribution in [3.63, 3.8) is 0 Å². The smallest absolute Gasteiger partial charge is 0.342 e. The van der Waals surface area contributed by atoms with Gasteiger partial charge in [0.1, 0.15) is 10.6 Å². The van der Waals surface area contributed by atoms with Crippen molar-refractivity contribution in [2.24, 2.45) is 0 Å². The van der Waals surface area contributed by atoms with Crippen LogP contribution in [0.15, 0.2) is 30.3 Å². The summed E-state index contributed by atoms with van der Waals surface area (Å²) in [7, 11) is 2.71. The van der Waals surface area contributed by atoms with E-state index in [4.69, 9.17) is 9.47 Å². The van der Waals surface area contributed by atoms with Crippen molar-refractivity contribution in [2.75, 3.05) is 25.7 Å². The molecule has 0 atom stereocenters. The third-order valence-corrected chi connectivity index (χ3v) is 4.55. The summed E-state index contributed by atoms with van der Waals surface area (Å²) in [5.41, 5.74) is 2.14. The molecule has 0 unspecified atom stereocenters. The number of hydrogen-bond donors (Lipinski definition) is 0. The molecule has 0 radical (unpaired) electrons. The van der Waals surface area contributed by atoms with Crippen LogP contribution in [0.25, 0.3) is 0 Å². The van der Waals surface area contributed by atoms with Crippen molar-refractivity contribution in [1.82, 2.24) is 4.37 Å². The Labute approximate surface area is 145 Å². The van der Waals surface area contributed by atoms with E-state index in [9.17, 15) is 9.59 Å². The van der Waals surface area contributed by atoms with E-state index in [1.165, 1.54) is 25.8 Å². The number of nitrogens with zero attached hydrogens (tertiary/aromatic N) is 2. The van der Waals surface area contributed by atoms with Gasteiger partial charge in [0.2, 0.25) is 0 Å². The summed E-state index contributed by atoms with van der Waals surface area (Å²) in [4.78, 5) is 25.6. The lowest BCUT2D eigenvalue weighted by Gasteiger charge is -2.23. The molecule has 2 rings (SSSR count). The van der Waals surface area contributed by atoms with Gasteiger partial charge in [0.15, 0.2) is 0 Å². The summed E-state index contributed by atoms with van der Waals surface area (Å²) in [6.07, 6.45) is 0.223. The van der Waals surface area contributed by atoms with Crippen LogP contribution in [0.5, 0.6) is 0 Å². The van der Waals surface area contributed by atoms with E-state index in [0.29, 0.717) is 29.3 Å². The summed E-state index contributed by atoms with van der Waals surface area (Å²) < 4.78 is 13.9. The predicted octanol–water partition coefficient (Wildman–Crippen LogP) is 2.81. The number of carbonyl (C=O) groups is 2. The van der Waals surface area contributed by atoms with E-state index in [1.54, 1.807) is 6.92 Å². The maximum atomic E-state index is 12.1. The number of methoxy groups -OCH3 is 2. The lowest BCUT2D eigenvalue weighted by atomic mass is 10.2. The van der Waals surface area contributed by atoms with Gasteiger partial charge in [-0.25, -0.2) is 4.79 Å². The quantitative estimate of drug-likeness (QED) is 0.717. The predicted molar refractivity (Wildman–Crippen MR) is 92.3 cm³/mol. The number of rotatable bonds is 7. The fraction of sp³-hybridized carbons (Fsp3) is 0.353. The van der Waals surface area contributed by atoms with E-state index in [2.05, 4.69) is 4.37 Å². The summed E-state index contributed by atoms with van der Waals surface area (Å²) in [5, 5.41) is 0.701. The Kier molecular flexibility index (Phi) is 6.31. The van der Waals surface area contributed by atoms with Crippen molar-refractivity contribution in [1.29, 1.82) is 0 Å². The number of esters is 2. The van der Waals surface area contributed by atoms with Gasteiger partial charge in [0.05, 0.1) is 26.3 Å². The molecule has 6 nitrogen and oxygen atoms in total. The lowest BCUT2D eigenvalue weighted by molar-refractivity contribution is -0.140. The standard InChI is InChI=1S/C17H20N2O4S/c1-12-15(17(21)23-3)16(24-18-12)19(10-9-14(20)22-2)11-13-7-5-4-6-8-13/h4-8H,9-11H2,1-3H3. The van der Waals surface area contributed by atoms with Crippen molar-refractivity contribution >= 4 is 28.5 Å². The summed E-state index contributed by atoms with van der Waals surface area (Å²) in [6, 6.07) is 9.84. The molecule has 1 heterocycles. The Morgan fingerprint density at radius 2 is 1.88 bits per heavy atom. The molecule has 0 fully saturated rings. The maximum Gasteiger partial charge on any atom is 0.342 e. The van der Waals surface area contributed by atoms with Crippen LogP contribution in [-0.4, -0.2) is 37.1 Å². The van der Waals surface area contributed by atoms with E-state index < -0.39 is 5.97 Å². The number of benzene rings is 1. The first kappa shape index (κ1) is 17.9. The second-order valence-corrected chi connectivity index (χ2v) is 5.92. The molecule has 0 saturated carbocycles. The van der Waals surface area contributed by atoms with Crippen LogP contribution < -0.4 is 4.90 Å². The minimum atomic E-state index is -0.424. The topological polar surface area (TPSA) is 68.7 Å². The van der Waals surface area contributed by atoms with Gasteiger partial charge in [0.25, 0.3) is 0 Å². The molecule has 128 valence electrons. The first-order chi connectivity index (χ1) is 11.6. The normalized spacial score (nSPS) is 10.3. The molecule has 1 aromatic carbocycles. The van der Waals surface area contributed by atoms with Gasteiger partial charge in [-0.1, -0.05) is 30.3 Å². The van der Waals surface area contributed by atoms with Gasteiger partial charge in [-0.3, -0.25) is 4.79 Å². The van der Waals surface area contributed by atoms with Crippen LogP contribution in [0.1, 0.15) is 28.0 Å². The second-order valence-electron chi connectivity index (χ2n) is 5.17. The van der Waals surface area contributed by atoms with Crippen LogP contribution >= 0.6 is 11.5 Å². The number of aryl methyl sites for hydroxylation is 1. The molecule has 0 bridgehead atoms. The van der Waals surface area contributed by atoms with Crippen LogP contribution in [0.2, 0.25) is 0 Å². The summed E-state index contributed by atoms with van der Waals surface area (Å²) in [6.45, 7) is 2.75. The number of ether oxygens (including phenoxy) is 2. The van der Waals surface area contributed by atoms with Crippen molar-refractivity contribution in [2.45, 2.75) is 19.9 Å². The molecule has 0 N–H and O–H groups in total. The molecule has 1 aromatic heterocycles. The van der Waals surface area contributed by atoms with Gasteiger partial charge in [-0.2, -0.15) is 4.37 Å². The first-order valence-corrected chi connectivity index (χ1v) is 8.24. The number of anilines is 1. The average molecular weight is 348 g/mol. The molecule has 0 saturated heterocycles. The zero-order valence-electron chi connectivity index (χ0n) is 13.9. The zero-order valence-corrected chi connectivity index (χ0v) is 14.8. The molecular weight excluding hydrogens is 328 g/mol. The van der Waals surface area contributed by atoms with Gasteiger partial charge < -0.3 is 14.4 Å². The maximum absolute atomic E-state index is 12.1. The summed E-state index contributed by atoms with van der Waals surface area (Å²) >= 11 is 1.23. The molecule has 7 heteroatoms. The van der Waals surface area contributed by atoms with E-state index in [-0.39, 0.29) is 12.4 Å². The van der Waals surface area contributed by atoms with Crippen LogP contribution in [0.4, 0.5) is 5.00 Å². The third kappa shape index (κ3) is 4.32. The lowest BCUT2D eigenvalue weighted by Crippen LogP contribution is -2.27. The SMILES string of the molecule is COC(=O)CCN(Cc1ccccc1)c1snc(C)c1C(=O)OC. The highest BCUT2D eigenvalue weighted by molar-refractivity contribution is 7.10. The molecule has 0 aliphatic rings. The van der Waals surface area contributed by atoms with E-state index in [0.717, 1.165) is 5.56 Å². The fourth-order valence-corrected chi connectivity index (χ4v) is 3.20. The number of aromatic nitrogens is 1. The second kappa shape index (κ2) is 8.44. The molecule has 0 spiro atoms. The van der Waals surface area contributed by atoms with Gasteiger partial charge in [-0.05, 0) is 24.0 Å². The zero-order chi connectivity index (χ0) is 17.5. The molecule has 2 aromatic rings. The molecule has 0 aliphatic heterocycles. The Bertz CT molecular complexity index is 700. The monoisotopic (exact) mass is 348 g/mol. The van der Waals surface area contributed by atoms with E-state index in [1.807, 2.05) is 35.2 Å². The Hall–Kier alpha value is -2.41. The van der Waals surface area contributed by atoms with Crippen LogP contribution in [0.3, 0.4) is 0 Å². The summed E-state index contributed by atoms with van der Waals surface area (Å²) in [5.74, 6) is -0.721. The molecule has 0 amide bonds. The van der Waals surface area contributed by atoms with Crippen LogP contribution in [0, 0.1) is 6.92 Å². The Morgan fingerprint density at radius 1 is 1.17 bits per heavy atom. The number of carbonyl (C=O) groups excluding carboxylic acids is 2. The number of hydrogen-bond acceptors (Lipinski definition) is 7. The van der Waals surface area contributed by atoms with Gasteiger partial charge in [-0.15, -0.1) is 0 Å². The van der Waals surface area contributed by atoms with Crippen molar-refractivity contribution in [3.8, 4) is 0 Å². The largest absolute Gasteiger partial charge is 0.469 e. The van der Waals surface area contributed by atoms with Crippen molar-refractivity contribution in [3.05, 3.63) is 47.2 Å². The van der Waals surface area contributed by atoms with Gasteiger partial charge >= 0.3 is 11.9 Å². The molecule has 24 heavy (non-hydrogen) atoms. The first-order valence-electron chi connectivity index (χ1n) is 7.47. The minimum absolute atomic E-state index is 0.223. The van der Waals surface area contributed by atoms with Crippen molar-refractivity contribution < 1.29 is 19.1 Å². The minimum Gasteiger partial charge on any atom is -0.469 e. The fourth-order valence-electron chi connectivity index (χ4n) is 2.30. The average Bonchev–Trinajstić information content (AvgIpc) is 2.99. The molecular formula is C17H20N2O4S. The highest BCUT2D eigenvalue weighted by Crippen LogP contribution is 2.30. The molecule has 0 aliphatic carbocycles. The highest BCUT2D eigenvalue weighted by Gasteiger charge is 2.24. The van der Waals surface area contributed by atoms with Gasteiger partial charge in [0, 0.05) is 13.1 Å².